The van der Waals surface area contributed by atoms with Gasteiger partial charge in [0.1, 0.15) is 5.82 Å². The zero-order chi connectivity index (χ0) is 24.9. The Morgan fingerprint density at radius 3 is 2.24 bits per heavy atom. The van der Waals surface area contributed by atoms with E-state index in [0.717, 1.165) is 23.4 Å². The minimum atomic E-state index is -4.45. The van der Waals surface area contributed by atoms with Crippen LogP contribution in [0.5, 0.6) is 0 Å². The predicted molar refractivity (Wildman–Crippen MR) is 123 cm³/mol. The highest BCUT2D eigenvalue weighted by molar-refractivity contribution is 7.92. The first kappa shape index (κ1) is 25.0. The summed E-state index contributed by atoms with van der Waals surface area (Å²) in [5.41, 5.74) is 1.64. The van der Waals surface area contributed by atoms with E-state index in [9.17, 15) is 26.4 Å². The maximum atomic E-state index is 12.6. The van der Waals surface area contributed by atoms with Gasteiger partial charge in [-0.3, -0.25) is 9.52 Å². The number of amides is 1. The van der Waals surface area contributed by atoms with Crippen LogP contribution in [0.1, 0.15) is 27.0 Å². The third-order valence-electron chi connectivity index (χ3n) is 5.00. The van der Waals surface area contributed by atoms with Gasteiger partial charge in [-0.25, -0.2) is 13.4 Å². The van der Waals surface area contributed by atoms with Crippen molar-refractivity contribution in [3.8, 4) is 0 Å². The normalized spacial score (nSPS) is 11.7. The number of hydrogen-bond donors (Lipinski definition) is 3. The summed E-state index contributed by atoms with van der Waals surface area (Å²) >= 11 is 0. The molecule has 0 aliphatic carbocycles. The Morgan fingerprint density at radius 1 is 0.941 bits per heavy atom. The van der Waals surface area contributed by atoms with Gasteiger partial charge in [-0.15, -0.1) is 0 Å². The number of carbonyl (C=O) groups is 1. The molecule has 0 saturated heterocycles. The molecule has 1 aromatic heterocycles. The molecule has 3 rings (SSSR count). The quantitative estimate of drug-likeness (QED) is 0.406. The summed E-state index contributed by atoms with van der Waals surface area (Å²) in [4.78, 5) is 16.1. The van der Waals surface area contributed by atoms with Crippen LogP contribution in [0.3, 0.4) is 0 Å². The number of nitrogens with zero attached hydrogens (tertiary/aromatic N) is 1. The van der Waals surface area contributed by atoms with Crippen molar-refractivity contribution in [2.75, 3.05) is 23.1 Å². The van der Waals surface area contributed by atoms with Crippen LogP contribution >= 0.6 is 0 Å². The number of anilines is 2. The number of rotatable bonds is 8. The fraction of sp³-hybridized carbons (Fsp3) is 0.217. The highest BCUT2D eigenvalue weighted by Gasteiger charge is 2.30. The molecule has 7 nitrogen and oxygen atoms in total. The highest BCUT2D eigenvalue weighted by Crippen LogP contribution is 2.28. The smallest absolute Gasteiger partial charge is 0.368 e. The lowest BCUT2D eigenvalue weighted by atomic mass is 10.1. The lowest BCUT2D eigenvalue weighted by Crippen LogP contribution is -2.28. The first-order chi connectivity index (χ1) is 16.0. The van der Waals surface area contributed by atoms with Crippen molar-refractivity contribution in [3.05, 3.63) is 83.0 Å². The SMILES string of the molecule is Cc1ccc(S(=O)(=O)Nc2ccc(C(=O)NCCNc3ccc(C(F)(F)F)cn3)cc2)cc1C. The summed E-state index contributed by atoms with van der Waals surface area (Å²) < 4.78 is 65.3. The number of sulfonamides is 1. The molecule has 0 aliphatic heterocycles. The van der Waals surface area contributed by atoms with E-state index >= 15 is 0 Å². The van der Waals surface area contributed by atoms with Crippen LogP contribution in [0.4, 0.5) is 24.7 Å². The molecule has 0 fully saturated rings. The first-order valence-corrected chi connectivity index (χ1v) is 11.7. The molecule has 0 bridgehead atoms. The van der Waals surface area contributed by atoms with E-state index in [1.165, 1.54) is 36.4 Å². The molecule has 0 atom stereocenters. The van der Waals surface area contributed by atoms with E-state index in [0.29, 0.717) is 11.3 Å². The zero-order valence-corrected chi connectivity index (χ0v) is 19.2. The van der Waals surface area contributed by atoms with Crippen LogP contribution in [0.15, 0.2) is 65.7 Å². The van der Waals surface area contributed by atoms with E-state index in [-0.39, 0.29) is 29.7 Å². The van der Waals surface area contributed by atoms with Gasteiger partial charge in [-0.1, -0.05) is 6.07 Å². The van der Waals surface area contributed by atoms with E-state index in [1.807, 2.05) is 13.8 Å². The maximum absolute atomic E-state index is 12.6. The molecule has 2 aromatic carbocycles. The summed E-state index contributed by atoms with van der Waals surface area (Å²) in [5.74, 6) is -0.131. The minimum Gasteiger partial charge on any atom is -0.368 e. The number of hydrogen-bond acceptors (Lipinski definition) is 5. The Bertz CT molecular complexity index is 1260. The van der Waals surface area contributed by atoms with Crippen molar-refractivity contribution in [1.29, 1.82) is 0 Å². The van der Waals surface area contributed by atoms with Crippen molar-refractivity contribution in [2.24, 2.45) is 0 Å². The van der Waals surface area contributed by atoms with Crippen LogP contribution in [0.2, 0.25) is 0 Å². The van der Waals surface area contributed by atoms with Crippen LogP contribution in [-0.2, 0) is 16.2 Å². The van der Waals surface area contributed by atoms with Gasteiger partial charge in [0.15, 0.2) is 0 Å². The van der Waals surface area contributed by atoms with Crippen LogP contribution in [0.25, 0.3) is 0 Å². The monoisotopic (exact) mass is 492 g/mol. The molecule has 0 aliphatic rings. The zero-order valence-electron chi connectivity index (χ0n) is 18.4. The second kappa shape index (κ2) is 10.1. The molecule has 34 heavy (non-hydrogen) atoms. The van der Waals surface area contributed by atoms with Gasteiger partial charge in [-0.05, 0) is 73.5 Å². The van der Waals surface area contributed by atoms with Gasteiger partial charge in [-0.2, -0.15) is 13.2 Å². The van der Waals surface area contributed by atoms with Crippen LogP contribution in [0, 0.1) is 13.8 Å². The molecule has 11 heteroatoms. The van der Waals surface area contributed by atoms with Crippen molar-refractivity contribution < 1.29 is 26.4 Å². The number of aryl methyl sites for hydroxylation is 2. The molecule has 0 unspecified atom stereocenters. The molecule has 0 radical (unpaired) electrons. The largest absolute Gasteiger partial charge is 0.417 e. The van der Waals surface area contributed by atoms with Crippen LogP contribution < -0.4 is 15.4 Å². The van der Waals surface area contributed by atoms with Crippen molar-refractivity contribution in [1.82, 2.24) is 10.3 Å². The van der Waals surface area contributed by atoms with Gasteiger partial charge in [0.05, 0.1) is 10.5 Å². The molecule has 0 spiro atoms. The van der Waals surface area contributed by atoms with Gasteiger partial charge >= 0.3 is 6.18 Å². The van der Waals surface area contributed by atoms with E-state index < -0.39 is 21.8 Å². The second-order valence-corrected chi connectivity index (χ2v) is 9.22. The third-order valence-corrected chi connectivity index (χ3v) is 6.37. The molecule has 3 aromatic rings. The van der Waals surface area contributed by atoms with Gasteiger partial charge in [0.25, 0.3) is 15.9 Å². The standard InChI is InChI=1S/C23H23F3N4O3S/c1-15-3-9-20(13-16(15)2)34(32,33)30-19-7-4-17(5-8-19)22(31)28-12-11-27-21-10-6-18(14-29-21)23(24,25)26/h3-10,13-14,30H,11-12H2,1-2H3,(H,27,29)(H,28,31). The minimum absolute atomic E-state index is 0.146. The van der Waals surface area contributed by atoms with E-state index in [1.54, 1.807) is 12.1 Å². The Hall–Kier alpha value is -3.60. The van der Waals surface area contributed by atoms with Crippen LogP contribution in [-0.4, -0.2) is 32.4 Å². The number of pyridine rings is 1. The maximum Gasteiger partial charge on any atom is 0.417 e. The molecular formula is C23H23F3N4O3S. The third kappa shape index (κ3) is 6.47. The van der Waals surface area contributed by atoms with Crippen molar-refractivity contribution in [3.63, 3.8) is 0 Å². The summed E-state index contributed by atoms with van der Waals surface area (Å²) in [6.07, 6.45) is -3.72. The number of aromatic nitrogens is 1. The lowest BCUT2D eigenvalue weighted by Gasteiger charge is -2.11. The molecule has 0 saturated carbocycles. The molecular weight excluding hydrogens is 469 g/mol. The number of benzene rings is 2. The summed E-state index contributed by atoms with van der Waals surface area (Å²) in [7, 11) is -3.77. The van der Waals surface area contributed by atoms with Gasteiger partial charge < -0.3 is 10.6 Å². The van der Waals surface area contributed by atoms with Gasteiger partial charge in [0.2, 0.25) is 0 Å². The molecule has 1 heterocycles. The van der Waals surface area contributed by atoms with E-state index in [4.69, 9.17) is 0 Å². The Balaban J connectivity index is 1.50. The number of nitrogens with one attached hydrogen (secondary N) is 3. The number of alkyl halides is 3. The Morgan fingerprint density at radius 2 is 1.65 bits per heavy atom. The lowest BCUT2D eigenvalue weighted by molar-refractivity contribution is -0.137. The van der Waals surface area contributed by atoms with E-state index in [2.05, 4.69) is 20.3 Å². The molecule has 180 valence electrons. The number of carbonyl (C=O) groups excluding carboxylic acids is 1. The highest BCUT2D eigenvalue weighted by atomic mass is 32.2. The van der Waals surface area contributed by atoms with Gasteiger partial charge in [0, 0.05) is 30.5 Å². The van der Waals surface area contributed by atoms with Crippen molar-refractivity contribution >= 4 is 27.4 Å². The first-order valence-electron chi connectivity index (χ1n) is 10.2. The average Bonchev–Trinajstić information content (AvgIpc) is 2.78. The summed E-state index contributed by atoms with van der Waals surface area (Å²) in [5, 5.41) is 5.48. The average molecular weight is 493 g/mol. The van der Waals surface area contributed by atoms with Crippen molar-refractivity contribution in [2.45, 2.75) is 24.9 Å². The summed E-state index contributed by atoms with van der Waals surface area (Å²) in [6.45, 7) is 4.17. The Kier molecular flexibility index (Phi) is 7.45. The topological polar surface area (TPSA) is 100 Å². The Labute approximate surface area is 195 Å². The fourth-order valence-corrected chi connectivity index (χ4v) is 4.06. The second-order valence-electron chi connectivity index (χ2n) is 7.54. The predicted octanol–water partition coefficient (Wildman–Crippen LogP) is 4.36. The number of halogens is 3. The molecule has 3 N–H and O–H groups in total. The molecule has 1 amide bonds. The summed E-state index contributed by atoms with van der Waals surface area (Å²) in [6, 6.07) is 12.9. The fourth-order valence-electron chi connectivity index (χ4n) is 2.92.